The Balaban J connectivity index is 2.82. The molecule has 0 fully saturated rings. The number of sulfonamides is 1. The zero-order chi connectivity index (χ0) is 16.8. The summed E-state index contributed by atoms with van der Waals surface area (Å²) in [4.78, 5) is 12.2. The minimum absolute atomic E-state index is 0.0478. The van der Waals surface area contributed by atoms with Gasteiger partial charge in [0.2, 0.25) is 15.9 Å². The maximum atomic E-state index is 12.6. The second-order valence-electron chi connectivity index (χ2n) is 5.14. The van der Waals surface area contributed by atoms with E-state index in [0.717, 1.165) is 17.3 Å². The molecule has 0 bridgehead atoms. The zero-order valence-corrected chi connectivity index (χ0v) is 15.6. The third-order valence-corrected chi connectivity index (χ3v) is 5.72. The first-order chi connectivity index (χ1) is 10.3. The van der Waals surface area contributed by atoms with Crippen LogP contribution in [0.25, 0.3) is 0 Å². The lowest BCUT2D eigenvalue weighted by molar-refractivity contribution is -0.121. The van der Waals surface area contributed by atoms with Crippen LogP contribution in [0.4, 0.5) is 0 Å². The maximum absolute atomic E-state index is 12.6. The lowest BCUT2D eigenvalue weighted by Gasteiger charge is -2.21. The molecule has 0 spiro atoms. The molecule has 7 heteroatoms. The smallest absolute Gasteiger partial charge is 0.243 e. The number of carbonyl (C=O) groups is 1. The number of hydrogen-bond donors (Lipinski definition) is 1. The molecule has 0 aliphatic carbocycles. The zero-order valence-electron chi connectivity index (χ0n) is 13.2. The van der Waals surface area contributed by atoms with Crippen molar-refractivity contribution in [3.63, 3.8) is 0 Å². The van der Waals surface area contributed by atoms with Gasteiger partial charge in [0.1, 0.15) is 0 Å². The lowest BCUT2D eigenvalue weighted by atomic mass is 10.2. The minimum Gasteiger partial charge on any atom is -0.353 e. The Labute approximate surface area is 141 Å². The summed E-state index contributed by atoms with van der Waals surface area (Å²) in [7, 11) is -3.66. The van der Waals surface area contributed by atoms with Gasteiger partial charge < -0.3 is 5.32 Å². The van der Waals surface area contributed by atoms with Gasteiger partial charge in [-0.15, -0.1) is 0 Å². The molecule has 1 aromatic rings. The van der Waals surface area contributed by atoms with Crippen LogP contribution in [0, 0.1) is 0 Å². The van der Waals surface area contributed by atoms with E-state index in [1.807, 2.05) is 13.8 Å². The number of likely N-dealkylation sites (N-methyl/N-ethyl adjacent to an activating group) is 1. The maximum Gasteiger partial charge on any atom is 0.243 e. The topological polar surface area (TPSA) is 66.5 Å². The quantitative estimate of drug-likeness (QED) is 0.741. The van der Waals surface area contributed by atoms with Gasteiger partial charge in [-0.3, -0.25) is 4.79 Å². The van der Waals surface area contributed by atoms with Crippen LogP contribution in [0.5, 0.6) is 0 Å². The van der Waals surface area contributed by atoms with E-state index >= 15 is 0 Å². The first-order valence-electron chi connectivity index (χ1n) is 7.36. The Kier molecular flexibility index (Phi) is 7.52. The predicted molar refractivity (Wildman–Crippen MR) is 91.1 cm³/mol. The predicted octanol–water partition coefficient (Wildman–Crippen LogP) is 2.76. The standard InChI is InChI=1S/C15H23BrN2O3S/c1-4-6-12(3)17-15(19)11-18(5-2)22(20,21)14-9-7-13(16)8-10-14/h7-10,12H,4-6,11H2,1-3H3,(H,17,19). The molecular weight excluding hydrogens is 368 g/mol. The highest BCUT2D eigenvalue weighted by Gasteiger charge is 2.25. The number of carbonyl (C=O) groups excluding carboxylic acids is 1. The molecule has 5 nitrogen and oxygen atoms in total. The summed E-state index contributed by atoms with van der Waals surface area (Å²) in [5, 5.41) is 2.83. The van der Waals surface area contributed by atoms with E-state index in [2.05, 4.69) is 21.2 Å². The Morgan fingerprint density at radius 1 is 1.27 bits per heavy atom. The molecule has 0 aromatic heterocycles. The Hall–Kier alpha value is -0.920. The molecule has 1 aromatic carbocycles. The number of rotatable bonds is 8. The third-order valence-electron chi connectivity index (χ3n) is 3.25. The van der Waals surface area contributed by atoms with E-state index in [9.17, 15) is 13.2 Å². The fourth-order valence-electron chi connectivity index (χ4n) is 2.11. The summed E-state index contributed by atoms with van der Waals surface area (Å²) in [5.41, 5.74) is 0. The van der Waals surface area contributed by atoms with Gasteiger partial charge in [-0.05, 0) is 37.6 Å². The van der Waals surface area contributed by atoms with E-state index in [4.69, 9.17) is 0 Å². The fourth-order valence-corrected chi connectivity index (χ4v) is 3.78. The van der Waals surface area contributed by atoms with E-state index in [-0.39, 0.29) is 29.9 Å². The van der Waals surface area contributed by atoms with Gasteiger partial charge in [0.05, 0.1) is 11.4 Å². The molecule has 1 N–H and O–H groups in total. The van der Waals surface area contributed by atoms with Gasteiger partial charge in [0.15, 0.2) is 0 Å². The summed E-state index contributed by atoms with van der Waals surface area (Å²) >= 11 is 3.28. The van der Waals surface area contributed by atoms with Crippen molar-refractivity contribution < 1.29 is 13.2 Å². The van der Waals surface area contributed by atoms with Crippen molar-refractivity contribution in [3.8, 4) is 0 Å². The van der Waals surface area contributed by atoms with Crippen LogP contribution < -0.4 is 5.32 Å². The van der Waals surface area contributed by atoms with E-state index < -0.39 is 10.0 Å². The van der Waals surface area contributed by atoms with Crippen molar-refractivity contribution in [2.45, 2.75) is 44.6 Å². The SMILES string of the molecule is CCCC(C)NC(=O)CN(CC)S(=O)(=O)c1ccc(Br)cc1. The van der Waals surface area contributed by atoms with Crippen LogP contribution in [0.1, 0.15) is 33.6 Å². The van der Waals surface area contributed by atoms with Gasteiger partial charge in [-0.2, -0.15) is 4.31 Å². The van der Waals surface area contributed by atoms with Gasteiger partial charge >= 0.3 is 0 Å². The normalized spacial score (nSPS) is 13.1. The summed E-state index contributed by atoms with van der Waals surface area (Å²) in [6, 6.07) is 6.44. The summed E-state index contributed by atoms with van der Waals surface area (Å²) in [6.45, 7) is 5.76. The number of amides is 1. The van der Waals surface area contributed by atoms with Crippen LogP contribution >= 0.6 is 15.9 Å². The molecule has 1 amide bonds. The van der Waals surface area contributed by atoms with E-state index in [1.54, 1.807) is 19.1 Å². The van der Waals surface area contributed by atoms with Crippen LogP contribution in [-0.2, 0) is 14.8 Å². The molecule has 124 valence electrons. The van der Waals surface area contributed by atoms with Crippen molar-refractivity contribution in [1.82, 2.24) is 9.62 Å². The third kappa shape index (κ3) is 5.37. The molecule has 1 atom stereocenters. The molecule has 0 aliphatic rings. The summed E-state index contributed by atoms with van der Waals surface area (Å²) in [5.74, 6) is -0.275. The molecule has 22 heavy (non-hydrogen) atoms. The van der Waals surface area contributed by atoms with Gasteiger partial charge in [0, 0.05) is 17.1 Å². The van der Waals surface area contributed by atoms with Crippen molar-refractivity contribution in [3.05, 3.63) is 28.7 Å². The van der Waals surface area contributed by atoms with Crippen molar-refractivity contribution >= 4 is 31.9 Å². The minimum atomic E-state index is -3.66. The summed E-state index contributed by atoms with van der Waals surface area (Å²) < 4.78 is 27.1. The van der Waals surface area contributed by atoms with Crippen LogP contribution in [0.3, 0.4) is 0 Å². The first kappa shape index (κ1) is 19.1. The van der Waals surface area contributed by atoms with Gasteiger partial charge in [-0.25, -0.2) is 8.42 Å². The average Bonchev–Trinajstić information content (AvgIpc) is 2.45. The number of nitrogens with one attached hydrogen (secondary N) is 1. The summed E-state index contributed by atoms with van der Waals surface area (Å²) in [6.07, 6.45) is 1.84. The van der Waals surface area contributed by atoms with Crippen LogP contribution in [0.15, 0.2) is 33.6 Å². The lowest BCUT2D eigenvalue weighted by Crippen LogP contribution is -2.43. The van der Waals surface area contributed by atoms with E-state index in [1.165, 1.54) is 16.4 Å². The Morgan fingerprint density at radius 2 is 1.86 bits per heavy atom. The van der Waals surface area contributed by atoms with Gasteiger partial charge in [-0.1, -0.05) is 36.2 Å². The average molecular weight is 391 g/mol. The van der Waals surface area contributed by atoms with Crippen molar-refractivity contribution in [2.75, 3.05) is 13.1 Å². The molecule has 0 radical (unpaired) electrons. The Bertz CT molecular complexity index is 587. The highest BCUT2D eigenvalue weighted by atomic mass is 79.9. The molecule has 1 unspecified atom stereocenters. The van der Waals surface area contributed by atoms with Crippen molar-refractivity contribution in [2.24, 2.45) is 0 Å². The van der Waals surface area contributed by atoms with Crippen LogP contribution in [-0.4, -0.2) is 37.8 Å². The van der Waals surface area contributed by atoms with E-state index in [0.29, 0.717) is 0 Å². The number of nitrogens with zero attached hydrogens (tertiary/aromatic N) is 1. The van der Waals surface area contributed by atoms with Crippen LogP contribution in [0.2, 0.25) is 0 Å². The second-order valence-corrected chi connectivity index (χ2v) is 8.00. The fraction of sp³-hybridized carbons (Fsp3) is 0.533. The number of hydrogen-bond acceptors (Lipinski definition) is 3. The van der Waals surface area contributed by atoms with Crippen molar-refractivity contribution in [1.29, 1.82) is 0 Å². The largest absolute Gasteiger partial charge is 0.353 e. The highest BCUT2D eigenvalue weighted by molar-refractivity contribution is 9.10. The number of halogens is 1. The molecule has 0 heterocycles. The molecular formula is C15H23BrN2O3S. The first-order valence-corrected chi connectivity index (χ1v) is 9.59. The molecule has 0 aliphatic heterocycles. The van der Waals surface area contributed by atoms with Gasteiger partial charge in [0.25, 0.3) is 0 Å². The molecule has 0 saturated carbocycles. The second kappa shape index (κ2) is 8.64. The molecule has 0 saturated heterocycles. The highest BCUT2D eigenvalue weighted by Crippen LogP contribution is 2.18. The number of benzene rings is 1. The molecule has 1 rings (SSSR count). The monoisotopic (exact) mass is 390 g/mol. The Morgan fingerprint density at radius 3 is 2.36 bits per heavy atom.